The summed E-state index contributed by atoms with van der Waals surface area (Å²) >= 11 is 0. The van der Waals surface area contributed by atoms with Crippen LogP contribution in [0, 0.1) is 6.92 Å². The fourth-order valence-corrected chi connectivity index (χ4v) is 6.99. The average molecular weight is 461 g/mol. The Hall–Kier alpha value is -3.45. The van der Waals surface area contributed by atoms with Gasteiger partial charge >= 0.3 is 0 Å². The molecule has 6 nitrogen and oxygen atoms in total. The molecule has 7 heteroatoms. The number of benzene rings is 3. The molecule has 2 aliphatic heterocycles. The van der Waals surface area contributed by atoms with Crippen molar-refractivity contribution >= 4 is 33.0 Å². The number of hydrogen-bond acceptors (Lipinski definition) is 4. The molecule has 1 saturated heterocycles. The number of nitrogens with zero attached hydrogens (tertiary/aromatic N) is 2. The van der Waals surface area contributed by atoms with Gasteiger partial charge in [0.1, 0.15) is 5.75 Å². The Morgan fingerprint density at radius 3 is 2.39 bits per heavy atom. The molecule has 0 radical (unpaired) electrons. The summed E-state index contributed by atoms with van der Waals surface area (Å²) in [6, 6.07) is 21.8. The Balaban J connectivity index is 1.73. The van der Waals surface area contributed by atoms with Crippen LogP contribution in [0.3, 0.4) is 0 Å². The molecule has 1 atom stereocenters. The summed E-state index contributed by atoms with van der Waals surface area (Å²) in [7, 11) is -4.16. The average Bonchev–Trinajstić information content (AvgIpc) is 3.16. The van der Waals surface area contributed by atoms with Crippen molar-refractivity contribution in [3.63, 3.8) is 0 Å². The Morgan fingerprint density at radius 2 is 1.64 bits per heavy atom. The van der Waals surface area contributed by atoms with E-state index in [0.29, 0.717) is 16.9 Å². The van der Waals surface area contributed by atoms with E-state index in [2.05, 4.69) is 0 Å². The van der Waals surface area contributed by atoms with Crippen LogP contribution in [-0.2, 0) is 37.3 Å². The van der Waals surface area contributed by atoms with Crippen LogP contribution in [0.2, 0.25) is 0 Å². The number of amides is 2. The van der Waals surface area contributed by atoms with Crippen molar-refractivity contribution in [2.45, 2.75) is 31.7 Å². The van der Waals surface area contributed by atoms with E-state index >= 15 is 0 Å². The maximum Gasteiger partial charge on any atom is 0.274 e. The van der Waals surface area contributed by atoms with Crippen LogP contribution in [0.5, 0.6) is 0 Å². The lowest BCUT2D eigenvalue weighted by molar-refractivity contribution is -0.123. The van der Waals surface area contributed by atoms with Crippen molar-refractivity contribution in [3.05, 3.63) is 95.1 Å². The maximum atomic E-state index is 14.1. The fraction of sp³-hybridized carbons (Fsp3) is 0.231. The number of rotatable bonds is 4. The molecule has 0 bridgehead atoms. The maximum absolute atomic E-state index is 14.1. The van der Waals surface area contributed by atoms with Crippen LogP contribution in [0.15, 0.2) is 72.8 Å². The Bertz CT molecular complexity index is 1400. The highest BCUT2D eigenvalue weighted by molar-refractivity contribution is 7.94. The van der Waals surface area contributed by atoms with Gasteiger partial charge in [-0.2, -0.15) is 0 Å². The Kier molecular flexibility index (Phi) is 4.90. The van der Waals surface area contributed by atoms with Gasteiger partial charge in [-0.3, -0.25) is 14.5 Å². The number of sulfone groups is 1. The van der Waals surface area contributed by atoms with E-state index < -0.39 is 32.3 Å². The lowest BCUT2D eigenvalue weighted by atomic mass is 10.0. The van der Waals surface area contributed by atoms with Gasteiger partial charge in [0.25, 0.3) is 10.8 Å². The molecule has 0 N–H and O–H groups in total. The number of fused-ring (bicyclic) bond motifs is 2. The molecule has 1 fully saturated rings. The number of hydrogen-bond donors (Lipinski definition) is 0. The van der Waals surface area contributed by atoms with E-state index in [-0.39, 0.29) is 6.54 Å². The minimum atomic E-state index is -4.16. The first-order valence-corrected chi connectivity index (χ1v) is 12.6. The van der Waals surface area contributed by atoms with Crippen LogP contribution in [-0.4, -0.2) is 26.0 Å². The van der Waals surface area contributed by atoms with Gasteiger partial charge < -0.3 is 4.90 Å². The second kappa shape index (κ2) is 7.56. The van der Waals surface area contributed by atoms with Gasteiger partial charge in [0.05, 0.1) is 12.2 Å². The predicted molar refractivity (Wildman–Crippen MR) is 128 cm³/mol. The molecule has 33 heavy (non-hydrogen) atoms. The standard InChI is InChI=1S/C26H24N2O4S/c1-3-19-9-7-11-21(15-19)28-24(29)17-33(31,32)26(28)22-12-4-5-13-23(22)27(25(26)30)16-20-10-6-8-18(2)14-20/h4-15H,3,16-17H2,1-2H3/t26-/m1/s1. The summed E-state index contributed by atoms with van der Waals surface area (Å²) in [5.41, 5.74) is 4.14. The molecule has 1 spiro atoms. The normalized spacial score (nSPS) is 21.2. The lowest BCUT2D eigenvalue weighted by Gasteiger charge is -2.33. The van der Waals surface area contributed by atoms with Crippen molar-refractivity contribution in [2.75, 3.05) is 15.6 Å². The molecule has 2 amide bonds. The molecule has 0 unspecified atom stereocenters. The second-order valence-electron chi connectivity index (χ2n) is 8.55. The lowest BCUT2D eigenvalue weighted by Crippen LogP contribution is -2.54. The van der Waals surface area contributed by atoms with E-state index in [1.165, 1.54) is 9.80 Å². The molecule has 168 valence electrons. The van der Waals surface area contributed by atoms with Crippen LogP contribution in [0.1, 0.15) is 29.2 Å². The molecule has 0 aromatic heterocycles. The monoisotopic (exact) mass is 460 g/mol. The van der Waals surface area contributed by atoms with Crippen molar-refractivity contribution in [1.82, 2.24) is 0 Å². The highest BCUT2D eigenvalue weighted by Crippen LogP contribution is 2.52. The third-order valence-electron chi connectivity index (χ3n) is 6.42. The first-order chi connectivity index (χ1) is 15.8. The zero-order valence-electron chi connectivity index (χ0n) is 18.5. The molecular weight excluding hydrogens is 436 g/mol. The molecule has 2 heterocycles. The minimum absolute atomic E-state index is 0.214. The first-order valence-electron chi connectivity index (χ1n) is 10.9. The highest BCUT2D eigenvalue weighted by atomic mass is 32.2. The number of carbonyl (C=O) groups is 2. The van der Waals surface area contributed by atoms with E-state index in [0.717, 1.165) is 23.1 Å². The van der Waals surface area contributed by atoms with Gasteiger partial charge in [-0.25, -0.2) is 8.42 Å². The van der Waals surface area contributed by atoms with Gasteiger partial charge in [-0.05, 0) is 42.7 Å². The van der Waals surface area contributed by atoms with Crippen molar-refractivity contribution in [3.8, 4) is 0 Å². The quantitative estimate of drug-likeness (QED) is 0.595. The van der Waals surface area contributed by atoms with Crippen molar-refractivity contribution < 1.29 is 18.0 Å². The number of aryl methyl sites for hydroxylation is 2. The van der Waals surface area contributed by atoms with Crippen molar-refractivity contribution in [2.24, 2.45) is 0 Å². The topological polar surface area (TPSA) is 74.8 Å². The SMILES string of the molecule is CCc1cccc(N2C(=O)CS(=O)(=O)[C@]23C(=O)N(Cc2cccc(C)c2)c2ccccc23)c1. The summed E-state index contributed by atoms with van der Waals surface area (Å²) in [5.74, 6) is -1.91. The number of anilines is 2. The summed E-state index contributed by atoms with van der Waals surface area (Å²) in [6.07, 6.45) is 0.722. The van der Waals surface area contributed by atoms with E-state index in [4.69, 9.17) is 0 Å². The van der Waals surface area contributed by atoms with E-state index in [1.54, 1.807) is 42.5 Å². The number of carbonyl (C=O) groups excluding carboxylic acids is 2. The van der Waals surface area contributed by atoms with Crippen LogP contribution < -0.4 is 9.80 Å². The molecule has 3 aromatic rings. The summed E-state index contributed by atoms with van der Waals surface area (Å²) in [6.45, 7) is 4.16. The Morgan fingerprint density at radius 1 is 0.909 bits per heavy atom. The minimum Gasteiger partial charge on any atom is -0.304 e. The molecule has 0 aliphatic carbocycles. The summed E-state index contributed by atoms with van der Waals surface area (Å²) in [5, 5.41) is 0. The van der Waals surface area contributed by atoms with Crippen molar-refractivity contribution in [1.29, 1.82) is 0 Å². The fourth-order valence-electron chi connectivity index (χ4n) is 4.96. The Labute approximate surface area is 193 Å². The highest BCUT2D eigenvalue weighted by Gasteiger charge is 2.69. The van der Waals surface area contributed by atoms with Gasteiger partial charge in [-0.15, -0.1) is 0 Å². The molecule has 2 aliphatic rings. The molecule has 5 rings (SSSR count). The second-order valence-corrected chi connectivity index (χ2v) is 10.7. The van der Waals surface area contributed by atoms with E-state index in [1.807, 2.05) is 44.2 Å². The van der Waals surface area contributed by atoms with Crippen LogP contribution >= 0.6 is 0 Å². The summed E-state index contributed by atoms with van der Waals surface area (Å²) in [4.78, 5) is 27.9. The summed E-state index contributed by atoms with van der Waals surface area (Å²) < 4.78 is 27.3. The third kappa shape index (κ3) is 3.03. The zero-order chi connectivity index (χ0) is 23.4. The van der Waals surface area contributed by atoms with Gasteiger partial charge in [0.2, 0.25) is 5.91 Å². The van der Waals surface area contributed by atoms with E-state index in [9.17, 15) is 18.0 Å². The smallest absolute Gasteiger partial charge is 0.274 e. The largest absolute Gasteiger partial charge is 0.304 e. The van der Waals surface area contributed by atoms with Crippen LogP contribution in [0.25, 0.3) is 0 Å². The predicted octanol–water partition coefficient (Wildman–Crippen LogP) is 3.72. The molecule has 0 saturated carbocycles. The van der Waals surface area contributed by atoms with Gasteiger partial charge in [0.15, 0.2) is 9.84 Å². The molecular formula is C26H24N2O4S. The first kappa shape index (κ1) is 21.4. The van der Waals surface area contributed by atoms with Gasteiger partial charge in [-0.1, -0.05) is 67.1 Å². The number of para-hydroxylation sites is 1. The zero-order valence-corrected chi connectivity index (χ0v) is 19.3. The third-order valence-corrected chi connectivity index (χ3v) is 8.53. The van der Waals surface area contributed by atoms with Crippen LogP contribution in [0.4, 0.5) is 11.4 Å². The molecule has 3 aromatic carbocycles. The van der Waals surface area contributed by atoms with Gasteiger partial charge in [0, 0.05) is 11.3 Å².